The summed E-state index contributed by atoms with van der Waals surface area (Å²) in [7, 11) is 0. The molecule has 2 N–H and O–H groups in total. The number of hydrogen-bond acceptors (Lipinski definition) is 3. The average molecular weight is 413 g/mol. The van der Waals surface area contributed by atoms with Crippen molar-refractivity contribution >= 4 is 11.8 Å². The normalized spacial score (nSPS) is 51.0. The van der Waals surface area contributed by atoms with Crippen molar-refractivity contribution in [2.45, 2.75) is 77.2 Å². The summed E-state index contributed by atoms with van der Waals surface area (Å²) >= 11 is 0. The van der Waals surface area contributed by atoms with E-state index in [1.54, 1.807) is 0 Å². The van der Waals surface area contributed by atoms with E-state index in [9.17, 15) is 14.7 Å². The maximum absolute atomic E-state index is 12.1. The van der Waals surface area contributed by atoms with Gasteiger partial charge in [0.25, 0.3) is 0 Å². The van der Waals surface area contributed by atoms with E-state index in [2.05, 4.69) is 13.8 Å². The molecule has 0 aromatic rings. The summed E-state index contributed by atoms with van der Waals surface area (Å²) in [4.78, 5) is 23.2. The maximum Gasteiger partial charge on any atom is 1.00 e. The average Bonchev–Trinajstić information content (AvgIpc) is 3.35. The van der Waals surface area contributed by atoms with Gasteiger partial charge in [-0.05, 0) is 91.4 Å². The van der Waals surface area contributed by atoms with E-state index in [4.69, 9.17) is 5.11 Å². The molecule has 5 rings (SSSR count). The third-order valence-corrected chi connectivity index (χ3v) is 9.83. The summed E-state index contributed by atoms with van der Waals surface area (Å²) in [6, 6.07) is 0. The van der Waals surface area contributed by atoms with Crippen LogP contribution in [0.5, 0.6) is 0 Å². The van der Waals surface area contributed by atoms with Crippen molar-refractivity contribution in [3.8, 4) is 0 Å². The monoisotopic (exact) mass is 412 g/mol. The molecule has 4 fully saturated rings. The number of aliphatic carboxylic acids is 1. The van der Waals surface area contributed by atoms with Gasteiger partial charge in [-0.1, -0.05) is 19.4 Å². The van der Waals surface area contributed by atoms with E-state index in [-0.39, 0.29) is 70.1 Å². The Balaban J connectivity index is 0.00000120. The summed E-state index contributed by atoms with van der Waals surface area (Å²) in [6.07, 6.45) is 9.22. The number of ketones is 1. The van der Waals surface area contributed by atoms with Gasteiger partial charge >= 0.3 is 57.4 Å². The van der Waals surface area contributed by atoms with Gasteiger partial charge in [0, 0.05) is 12.8 Å². The van der Waals surface area contributed by atoms with Crippen molar-refractivity contribution in [3.05, 3.63) is 11.6 Å². The van der Waals surface area contributed by atoms with Crippen molar-refractivity contribution < 1.29 is 72.6 Å². The quantitative estimate of drug-likeness (QED) is 0.681. The van der Waals surface area contributed by atoms with E-state index in [0.29, 0.717) is 48.2 Å². The van der Waals surface area contributed by atoms with Crippen LogP contribution in [0, 0.1) is 40.4 Å². The third kappa shape index (κ3) is 2.86. The molecule has 5 aliphatic rings. The molecule has 5 heteroatoms. The van der Waals surface area contributed by atoms with Gasteiger partial charge in [-0.2, -0.15) is 0 Å². The van der Waals surface area contributed by atoms with E-state index < -0.39 is 11.6 Å². The number of fused-ring (bicyclic) bond motifs is 8. The Hall–Kier alpha value is 0.476. The van der Waals surface area contributed by atoms with Gasteiger partial charge < -0.3 is 11.6 Å². The number of aliphatic hydroxyl groups is 1. The topological polar surface area (TPSA) is 74.6 Å². The van der Waals surface area contributed by atoms with Gasteiger partial charge in [-0.3, -0.25) is 9.59 Å². The Kier molecular flexibility index (Phi) is 5.42. The second-order valence-corrected chi connectivity index (χ2v) is 10.7. The fraction of sp³-hybridized carbons (Fsp3) is 0.826. The van der Waals surface area contributed by atoms with Gasteiger partial charge in [0.1, 0.15) is 0 Å². The van der Waals surface area contributed by atoms with Crippen LogP contribution in [0.1, 0.15) is 73.1 Å². The molecule has 0 aromatic heterocycles. The molecule has 0 aromatic carbocycles. The summed E-state index contributed by atoms with van der Waals surface area (Å²) in [5.74, 6) is 2.56. The molecule has 5 aliphatic carbocycles. The molecule has 0 radical (unpaired) electrons. The zero-order valence-corrected chi connectivity index (χ0v) is 20.7. The Bertz CT molecular complexity index is 753. The molecule has 0 bridgehead atoms. The standard InChI is InChI=1S/C23H32O4.K.H/c1-21-7-3-13(24)11-18(21)14-12-15(14)20-16(21)4-8-22(2)17(20)5-9-23(22,27)10-6-19(25)26;;/h11,14-17,20,27H,3-10,12H2,1-2H3,(H,25,26);;/q;+1;-1/t14-,15+,16+,17+,20-,21-,22+,23-;;/m1../s1. The first-order chi connectivity index (χ1) is 12.7. The smallest absolute Gasteiger partial charge is 1.00 e. The first-order valence-corrected chi connectivity index (χ1v) is 10.9. The van der Waals surface area contributed by atoms with Gasteiger partial charge in [0.05, 0.1) is 5.60 Å². The van der Waals surface area contributed by atoms with Crippen molar-refractivity contribution in [2.75, 3.05) is 0 Å². The Labute approximate surface area is 211 Å². The van der Waals surface area contributed by atoms with Crippen LogP contribution in [-0.4, -0.2) is 27.6 Å². The number of rotatable bonds is 3. The van der Waals surface area contributed by atoms with Crippen molar-refractivity contribution in [1.82, 2.24) is 0 Å². The summed E-state index contributed by atoms with van der Waals surface area (Å²) in [5, 5.41) is 20.6. The summed E-state index contributed by atoms with van der Waals surface area (Å²) in [6.45, 7) is 4.66. The van der Waals surface area contributed by atoms with E-state index in [0.717, 1.165) is 32.1 Å². The number of allylic oxidation sites excluding steroid dienone is 1. The third-order valence-electron chi connectivity index (χ3n) is 9.83. The molecule has 8 atom stereocenters. The molecule has 0 aliphatic heterocycles. The summed E-state index contributed by atoms with van der Waals surface area (Å²) in [5.41, 5.74) is 0.635. The van der Waals surface area contributed by atoms with Gasteiger partial charge in [0.2, 0.25) is 0 Å². The Morgan fingerprint density at radius 2 is 1.93 bits per heavy atom. The molecule has 0 heterocycles. The van der Waals surface area contributed by atoms with Crippen molar-refractivity contribution in [1.29, 1.82) is 0 Å². The predicted molar refractivity (Wildman–Crippen MR) is 102 cm³/mol. The molecular formula is C23H33KO4. The molecule has 0 saturated heterocycles. The fourth-order valence-electron chi connectivity index (χ4n) is 8.24. The molecular weight excluding hydrogens is 379 g/mol. The second kappa shape index (κ2) is 6.99. The van der Waals surface area contributed by atoms with Crippen LogP contribution in [-0.2, 0) is 9.59 Å². The number of carbonyl (C=O) groups is 2. The number of carboxylic acid groups (broad SMARTS) is 1. The largest absolute Gasteiger partial charge is 1.00 e. The Morgan fingerprint density at radius 1 is 1.21 bits per heavy atom. The fourth-order valence-corrected chi connectivity index (χ4v) is 8.24. The van der Waals surface area contributed by atoms with Crippen LogP contribution >= 0.6 is 0 Å². The zero-order valence-electron chi connectivity index (χ0n) is 18.5. The van der Waals surface area contributed by atoms with Gasteiger partial charge in [-0.25, -0.2) is 0 Å². The minimum Gasteiger partial charge on any atom is -1.00 e. The van der Waals surface area contributed by atoms with Crippen LogP contribution in [0.2, 0.25) is 0 Å². The zero-order chi connectivity index (χ0) is 19.2. The molecule has 0 amide bonds. The van der Waals surface area contributed by atoms with Crippen LogP contribution in [0.25, 0.3) is 0 Å². The Morgan fingerprint density at radius 3 is 2.64 bits per heavy atom. The van der Waals surface area contributed by atoms with Crippen LogP contribution in [0.4, 0.5) is 0 Å². The maximum atomic E-state index is 12.1. The van der Waals surface area contributed by atoms with E-state index >= 15 is 0 Å². The van der Waals surface area contributed by atoms with E-state index in [1.807, 2.05) is 6.08 Å². The minimum atomic E-state index is -0.828. The molecule has 4 saturated carbocycles. The van der Waals surface area contributed by atoms with Crippen LogP contribution in [0.15, 0.2) is 11.6 Å². The first kappa shape index (κ1) is 21.7. The van der Waals surface area contributed by atoms with Crippen LogP contribution in [0.3, 0.4) is 0 Å². The number of carbonyl (C=O) groups excluding carboxylic acids is 1. The number of carboxylic acids is 1. The van der Waals surface area contributed by atoms with Gasteiger partial charge in [-0.15, -0.1) is 0 Å². The van der Waals surface area contributed by atoms with Crippen LogP contribution < -0.4 is 51.4 Å². The molecule has 4 nitrogen and oxygen atoms in total. The number of hydrogen-bond donors (Lipinski definition) is 2. The molecule has 0 unspecified atom stereocenters. The SMILES string of the molecule is C[C@]12CCC(=O)C=C1[C@@H]1C[C@@H]1[C@@H]1[C@@H]2CC[C@@]2(C)[C@H]1CC[C@@]2(O)CCC(=O)O.[H-].[K+]. The van der Waals surface area contributed by atoms with E-state index in [1.165, 1.54) is 12.0 Å². The first-order valence-electron chi connectivity index (χ1n) is 10.9. The molecule has 28 heavy (non-hydrogen) atoms. The molecule has 150 valence electrons. The van der Waals surface area contributed by atoms with Crippen molar-refractivity contribution in [2.24, 2.45) is 40.4 Å². The van der Waals surface area contributed by atoms with Gasteiger partial charge in [0.15, 0.2) is 5.78 Å². The summed E-state index contributed by atoms with van der Waals surface area (Å²) < 4.78 is 0. The second-order valence-electron chi connectivity index (χ2n) is 10.7. The minimum absolute atomic E-state index is 0. The predicted octanol–water partition coefficient (Wildman–Crippen LogP) is 1.09. The molecule has 0 spiro atoms. The van der Waals surface area contributed by atoms with Crippen molar-refractivity contribution in [3.63, 3.8) is 0 Å².